The third-order valence-electron chi connectivity index (χ3n) is 3.45. The molecule has 0 unspecified atom stereocenters. The monoisotopic (exact) mass is 315 g/mol. The number of nitrogens with zero attached hydrogens (tertiary/aromatic N) is 2. The molecule has 0 saturated heterocycles. The fraction of sp³-hybridized carbons (Fsp3) is 0.333. The lowest BCUT2D eigenvalue weighted by Crippen LogP contribution is -2.25. The molecule has 1 amide bonds. The third kappa shape index (κ3) is 4.52. The number of para-hydroxylation sites is 1. The molecule has 5 heteroatoms. The normalized spacial score (nSPS) is 10.4. The van der Waals surface area contributed by atoms with Gasteiger partial charge in [0, 0.05) is 13.1 Å². The highest BCUT2D eigenvalue weighted by molar-refractivity contribution is 6.03. The number of carbonyl (C=O) groups excluding carboxylic acids is 1. The molecular formula is C18H22FN3O. The molecule has 0 fully saturated rings. The Hall–Kier alpha value is -2.43. The van der Waals surface area contributed by atoms with E-state index in [1.165, 1.54) is 12.1 Å². The average molecular weight is 315 g/mol. The summed E-state index contributed by atoms with van der Waals surface area (Å²) in [6, 6.07) is 9.63. The van der Waals surface area contributed by atoms with Gasteiger partial charge in [-0.1, -0.05) is 26.0 Å². The minimum Gasteiger partial charge on any atom is -0.370 e. The average Bonchev–Trinajstić information content (AvgIpc) is 2.57. The quantitative estimate of drug-likeness (QED) is 0.836. The van der Waals surface area contributed by atoms with Crippen molar-refractivity contribution in [2.24, 2.45) is 0 Å². The number of anilines is 2. The molecule has 1 aromatic heterocycles. The van der Waals surface area contributed by atoms with Crippen LogP contribution in [0.2, 0.25) is 0 Å². The minimum atomic E-state index is -0.463. The van der Waals surface area contributed by atoms with Gasteiger partial charge in [-0.3, -0.25) is 4.79 Å². The van der Waals surface area contributed by atoms with Crippen LogP contribution in [0.3, 0.4) is 0 Å². The molecule has 0 aliphatic rings. The highest BCUT2D eigenvalue weighted by atomic mass is 19.1. The lowest BCUT2D eigenvalue weighted by molar-refractivity contribution is 0.102. The molecular weight excluding hydrogens is 293 g/mol. The van der Waals surface area contributed by atoms with E-state index < -0.39 is 11.7 Å². The molecule has 0 atom stereocenters. The Balaban J connectivity index is 2.09. The zero-order valence-corrected chi connectivity index (χ0v) is 13.6. The molecule has 0 aliphatic heterocycles. The molecule has 0 spiro atoms. The van der Waals surface area contributed by atoms with Crippen molar-refractivity contribution in [1.29, 1.82) is 0 Å². The molecule has 122 valence electrons. The zero-order chi connectivity index (χ0) is 16.7. The van der Waals surface area contributed by atoms with Crippen molar-refractivity contribution in [2.45, 2.75) is 26.7 Å². The number of benzene rings is 1. The number of halogens is 1. The van der Waals surface area contributed by atoms with E-state index in [0.717, 1.165) is 31.6 Å². The van der Waals surface area contributed by atoms with Gasteiger partial charge in [-0.25, -0.2) is 9.37 Å². The molecule has 0 saturated carbocycles. The van der Waals surface area contributed by atoms with Crippen molar-refractivity contribution in [2.75, 3.05) is 23.3 Å². The summed E-state index contributed by atoms with van der Waals surface area (Å²) in [6.45, 7) is 6.17. The van der Waals surface area contributed by atoms with Crippen LogP contribution in [-0.2, 0) is 0 Å². The molecule has 1 N–H and O–H groups in total. The second-order valence-corrected chi connectivity index (χ2v) is 5.32. The van der Waals surface area contributed by atoms with Crippen LogP contribution in [0.25, 0.3) is 0 Å². The molecule has 4 nitrogen and oxygen atoms in total. The van der Waals surface area contributed by atoms with E-state index >= 15 is 0 Å². The van der Waals surface area contributed by atoms with Gasteiger partial charge in [-0.15, -0.1) is 0 Å². The van der Waals surface area contributed by atoms with Crippen LogP contribution in [-0.4, -0.2) is 24.0 Å². The molecule has 1 aromatic carbocycles. The molecule has 0 bridgehead atoms. The van der Waals surface area contributed by atoms with Crippen LogP contribution in [0.15, 0.2) is 42.6 Å². The Bertz CT molecular complexity index is 637. The first-order valence-electron chi connectivity index (χ1n) is 7.92. The zero-order valence-electron chi connectivity index (χ0n) is 13.6. The van der Waals surface area contributed by atoms with Gasteiger partial charge in [0.15, 0.2) is 0 Å². The van der Waals surface area contributed by atoms with Crippen LogP contribution in [0.5, 0.6) is 0 Å². The summed E-state index contributed by atoms with van der Waals surface area (Å²) in [4.78, 5) is 18.6. The number of hydrogen-bond acceptors (Lipinski definition) is 3. The summed E-state index contributed by atoms with van der Waals surface area (Å²) < 4.78 is 13.6. The smallest absolute Gasteiger partial charge is 0.274 e. The molecule has 23 heavy (non-hydrogen) atoms. The van der Waals surface area contributed by atoms with E-state index in [9.17, 15) is 9.18 Å². The van der Waals surface area contributed by atoms with E-state index in [4.69, 9.17) is 0 Å². The fourth-order valence-corrected chi connectivity index (χ4v) is 2.37. The number of pyridine rings is 1. The van der Waals surface area contributed by atoms with Crippen LogP contribution in [0.4, 0.5) is 15.8 Å². The SMILES string of the molecule is CCCN(CCC)c1ccc(C(=O)Nc2ccccc2F)nc1. The predicted molar refractivity (Wildman–Crippen MR) is 91.4 cm³/mol. The lowest BCUT2D eigenvalue weighted by atomic mass is 10.2. The number of rotatable bonds is 7. The van der Waals surface area contributed by atoms with Gasteiger partial charge in [-0.2, -0.15) is 0 Å². The number of amides is 1. The number of carbonyl (C=O) groups is 1. The second kappa shape index (κ2) is 8.27. The van der Waals surface area contributed by atoms with Crippen LogP contribution >= 0.6 is 0 Å². The molecule has 0 radical (unpaired) electrons. The Morgan fingerprint density at radius 3 is 2.39 bits per heavy atom. The Morgan fingerprint density at radius 2 is 1.83 bits per heavy atom. The largest absolute Gasteiger partial charge is 0.370 e. The van der Waals surface area contributed by atoms with E-state index in [-0.39, 0.29) is 11.4 Å². The molecule has 2 aromatic rings. The molecule has 1 heterocycles. The van der Waals surface area contributed by atoms with Gasteiger partial charge < -0.3 is 10.2 Å². The molecule has 2 rings (SSSR count). The van der Waals surface area contributed by atoms with E-state index in [0.29, 0.717) is 0 Å². The van der Waals surface area contributed by atoms with Gasteiger partial charge in [0.1, 0.15) is 11.5 Å². The van der Waals surface area contributed by atoms with E-state index in [1.54, 1.807) is 24.4 Å². The van der Waals surface area contributed by atoms with Crippen molar-refractivity contribution in [3.63, 3.8) is 0 Å². The summed E-state index contributed by atoms with van der Waals surface area (Å²) in [5.41, 5.74) is 1.42. The molecule has 0 aliphatic carbocycles. The summed E-state index contributed by atoms with van der Waals surface area (Å²) in [5, 5.41) is 2.54. The van der Waals surface area contributed by atoms with Crippen molar-refractivity contribution in [1.82, 2.24) is 4.98 Å². The first kappa shape index (κ1) is 16.9. The van der Waals surface area contributed by atoms with Gasteiger partial charge in [0.2, 0.25) is 0 Å². The Labute approximate surface area is 136 Å². The van der Waals surface area contributed by atoms with Crippen molar-refractivity contribution in [3.8, 4) is 0 Å². The van der Waals surface area contributed by atoms with Crippen molar-refractivity contribution < 1.29 is 9.18 Å². The Kier molecular flexibility index (Phi) is 6.09. The van der Waals surface area contributed by atoms with Gasteiger partial charge in [0.25, 0.3) is 5.91 Å². The van der Waals surface area contributed by atoms with Gasteiger partial charge >= 0.3 is 0 Å². The summed E-state index contributed by atoms with van der Waals surface area (Å²) in [6.07, 6.45) is 3.80. The number of aromatic nitrogens is 1. The fourth-order valence-electron chi connectivity index (χ4n) is 2.37. The van der Waals surface area contributed by atoms with Crippen molar-refractivity contribution in [3.05, 3.63) is 54.1 Å². The van der Waals surface area contributed by atoms with E-state index in [2.05, 4.69) is 29.0 Å². The maximum absolute atomic E-state index is 13.6. The maximum Gasteiger partial charge on any atom is 0.274 e. The first-order valence-corrected chi connectivity index (χ1v) is 7.92. The Morgan fingerprint density at radius 1 is 1.13 bits per heavy atom. The third-order valence-corrected chi connectivity index (χ3v) is 3.45. The topological polar surface area (TPSA) is 45.2 Å². The maximum atomic E-state index is 13.6. The lowest BCUT2D eigenvalue weighted by Gasteiger charge is -2.23. The van der Waals surface area contributed by atoms with Gasteiger partial charge in [0.05, 0.1) is 17.6 Å². The highest BCUT2D eigenvalue weighted by Crippen LogP contribution is 2.16. The standard InChI is InChI=1S/C18H22FN3O/c1-3-11-22(12-4-2)14-9-10-17(20-13-14)18(23)21-16-8-6-5-7-15(16)19/h5-10,13H,3-4,11-12H2,1-2H3,(H,21,23). The number of nitrogens with one attached hydrogen (secondary N) is 1. The van der Waals surface area contributed by atoms with Crippen molar-refractivity contribution >= 4 is 17.3 Å². The van der Waals surface area contributed by atoms with Crippen LogP contribution in [0, 0.1) is 5.82 Å². The number of hydrogen-bond donors (Lipinski definition) is 1. The minimum absolute atomic E-state index is 0.155. The predicted octanol–water partition coefficient (Wildman–Crippen LogP) is 4.10. The second-order valence-electron chi connectivity index (χ2n) is 5.32. The van der Waals surface area contributed by atoms with E-state index in [1.807, 2.05) is 6.07 Å². The summed E-state index contributed by atoms with van der Waals surface area (Å²) >= 11 is 0. The van der Waals surface area contributed by atoms with Crippen LogP contribution in [0.1, 0.15) is 37.2 Å². The van der Waals surface area contributed by atoms with Gasteiger partial charge in [-0.05, 0) is 37.1 Å². The first-order chi connectivity index (χ1) is 11.2. The summed E-state index contributed by atoms with van der Waals surface area (Å²) in [5.74, 6) is -0.881. The van der Waals surface area contributed by atoms with Crippen LogP contribution < -0.4 is 10.2 Å². The highest BCUT2D eigenvalue weighted by Gasteiger charge is 2.11. The summed E-state index contributed by atoms with van der Waals surface area (Å²) in [7, 11) is 0.